The van der Waals surface area contributed by atoms with E-state index in [9.17, 15) is 0 Å². The maximum Gasteiger partial charge on any atom is 0.105 e. The number of hydrogen-bond donors (Lipinski definition) is 1. The van der Waals surface area contributed by atoms with E-state index < -0.39 is 0 Å². The maximum atomic E-state index is 5.72. The highest BCUT2D eigenvalue weighted by Gasteiger charge is 2.16. The van der Waals surface area contributed by atoms with Crippen LogP contribution in [0.15, 0.2) is 24.3 Å². The largest absolute Gasteiger partial charge is 0.382 e. The number of hydrogen-bond acceptors (Lipinski definition) is 4. The molecule has 0 amide bonds. The third kappa shape index (κ3) is 3.29. The van der Waals surface area contributed by atoms with Gasteiger partial charge in [-0.3, -0.25) is 0 Å². The van der Waals surface area contributed by atoms with E-state index in [4.69, 9.17) is 14.2 Å². The van der Waals surface area contributed by atoms with Crippen LogP contribution in [0.25, 0.3) is 0 Å². The van der Waals surface area contributed by atoms with Crippen molar-refractivity contribution in [3.05, 3.63) is 35.4 Å². The van der Waals surface area contributed by atoms with Gasteiger partial charge >= 0.3 is 0 Å². The van der Waals surface area contributed by atoms with Crippen LogP contribution in [0, 0.1) is 0 Å². The van der Waals surface area contributed by atoms with Crippen LogP contribution >= 0.6 is 0 Å². The van der Waals surface area contributed by atoms with Crippen molar-refractivity contribution >= 4 is 0 Å². The third-order valence-electron chi connectivity index (χ3n) is 3.21. The second-order valence-electron chi connectivity index (χ2n) is 4.41. The topological polar surface area (TPSA) is 39.7 Å². The molecule has 18 heavy (non-hydrogen) atoms. The molecule has 1 aliphatic heterocycles. The van der Waals surface area contributed by atoms with E-state index in [0.717, 1.165) is 25.3 Å². The average molecular weight is 251 g/mol. The fourth-order valence-electron chi connectivity index (χ4n) is 2.16. The predicted octanol–water partition coefficient (Wildman–Crippen LogP) is 1.68. The fourth-order valence-corrected chi connectivity index (χ4v) is 2.16. The van der Waals surface area contributed by atoms with Crippen LogP contribution in [0.3, 0.4) is 0 Å². The summed E-state index contributed by atoms with van der Waals surface area (Å²) in [7, 11) is 3.38. The van der Waals surface area contributed by atoms with E-state index in [2.05, 4.69) is 29.6 Å². The molecule has 100 valence electrons. The zero-order valence-corrected chi connectivity index (χ0v) is 11.0. The van der Waals surface area contributed by atoms with E-state index in [1.165, 1.54) is 5.56 Å². The van der Waals surface area contributed by atoms with Gasteiger partial charge in [-0.25, -0.2) is 0 Å². The molecule has 2 rings (SSSR count). The Labute approximate surface area is 108 Å². The van der Waals surface area contributed by atoms with Crippen LogP contribution < -0.4 is 5.32 Å². The maximum absolute atomic E-state index is 5.72. The predicted molar refractivity (Wildman–Crippen MR) is 69.6 cm³/mol. The van der Waals surface area contributed by atoms with E-state index >= 15 is 0 Å². The zero-order valence-electron chi connectivity index (χ0n) is 11.0. The number of nitrogens with one attached hydrogen (secondary N) is 1. The van der Waals surface area contributed by atoms with Crippen LogP contribution in [-0.4, -0.2) is 40.5 Å². The summed E-state index contributed by atoms with van der Waals surface area (Å²) in [6, 6.07) is 8.38. The molecule has 0 aromatic heterocycles. The summed E-state index contributed by atoms with van der Waals surface area (Å²) in [6.45, 7) is 3.16. The van der Waals surface area contributed by atoms with Crippen LogP contribution in [0.1, 0.15) is 23.3 Å². The molecule has 0 saturated carbocycles. The Kier molecular flexibility index (Phi) is 5.13. The Morgan fingerprint density at radius 3 is 2.67 bits per heavy atom. The van der Waals surface area contributed by atoms with Crippen molar-refractivity contribution in [1.29, 1.82) is 0 Å². The molecule has 1 aromatic rings. The minimum Gasteiger partial charge on any atom is -0.382 e. The second kappa shape index (κ2) is 6.85. The van der Waals surface area contributed by atoms with Crippen molar-refractivity contribution < 1.29 is 14.2 Å². The van der Waals surface area contributed by atoms with E-state index in [-0.39, 0.29) is 12.2 Å². The SMILES string of the molecule is COCC(OC)c1ccc(C2CNCCO2)cc1. The van der Waals surface area contributed by atoms with Crippen molar-refractivity contribution in [2.24, 2.45) is 0 Å². The Balaban J connectivity index is 2.03. The second-order valence-corrected chi connectivity index (χ2v) is 4.41. The zero-order chi connectivity index (χ0) is 12.8. The quantitative estimate of drug-likeness (QED) is 0.864. The fraction of sp³-hybridized carbons (Fsp3) is 0.571. The van der Waals surface area contributed by atoms with Crippen LogP contribution in [0.2, 0.25) is 0 Å². The number of methoxy groups -OCH3 is 2. The molecular weight excluding hydrogens is 230 g/mol. The van der Waals surface area contributed by atoms with E-state index in [1.807, 2.05) is 0 Å². The van der Waals surface area contributed by atoms with Crippen LogP contribution in [0.4, 0.5) is 0 Å². The van der Waals surface area contributed by atoms with Crippen molar-refractivity contribution in [2.45, 2.75) is 12.2 Å². The van der Waals surface area contributed by atoms with Gasteiger partial charge in [0.2, 0.25) is 0 Å². The highest BCUT2D eigenvalue weighted by atomic mass is 16.5. The van der Waals surface area contributed by atoms with Gasteiger partial charge in [0, 0.05) is 27.3 Å². The van der Waals surface area contributed by atoms with E-state index in [0.29, 0.717) is 6.61 Å². The van der Waals surface area contributed by atoms with Crippen LogP contribution in [-0.2, 0) is 14.2 Å². The van der Waals surface area contributed by atoms with Gasteiger partial charge in [0.25, 0.3) is 0 Å². The molecule has 1 fully saturated rings. The molecule has 1 heterocycles. The summed E-state index contributed by atoms with van der Waals surface area (Å²) in [5.41, 5.74) is 2.34. The minimum absolute atomic E-state index is 0.00514. The first-order chi connectivity index (χ1) is 8.85. The van der Waals surface area contributed by atoms with Gasteiger partial charge in [-0.15, -0.1) is 0 Å². The minimum atomic E-state index is -0.00514. The Morgan fingerprint density at radius 2 is 2.11 bits per heavy atom. The third-order valence-corrected chi connectivity index (χ3v) is 3.21. The van der Waals surface area contributed by atoms with Crippen molar-refractivity contribution in [1.82, 2.24) is 5.32 Å². The highest BCUT2D eigenvalue weighted by molar-refractivity contribution is 5.26. The number of benzene rings is 1. The van der Waals surface area contributed by atoms with Gasteiger partial charge in [-0.1, -0.05) is 24.3 Å². The Hall–Kier alpha value is -0.940. The average Bonchev–Trinajstić information content (AvgIpc) is 2.46. The summed E-state index contributed by atoms with van der Waals surface area (Å²) in [5, 5.41) is 3.33. The normalized spacial score (nSPS) is 21.8. The lowest BCUT2D eigenvalue weighted by Crippen LogP contribution is -2.33. The lowest BCUT2D eigenvalue weighted by Gasteiger charge is -2.24. The molecular formula is C14H21NO3. The van der Waals surface area contributed by atoms with Gasteiger partial charge < -0.3 is 19.5 Å². The van der Waals surface area contributed by atoms with Crippen molar-refractivity contribution in [3.8, 4) is 0 Å². The number of morpholine rings is 1. The van der Waals surface area contributed by atoms with Crippen molar-refractivity contribution in [3.63, 3.8) is 0 Å². The standard InChI is InChI=1S/C14H21NO3/c1-16-10-14(17-2)12-5-3-11(4-6-12)13-9-15-7-8-18-13/h3-6,13-15H,7-10H2,1-2H3. The summed E-state index contributed by atoms with van der Waals surface area (Å²) < 4.78 is 16.2. The molecule has 1 N–H and O–H groups in total. The van der Waals surface area contributed by atoms with E-state index in [1.54, 1.807) is 14.2 Å². The molecule has 1 aliphatic rings. The lowest BCUT2D eigenvalue weighted by atomic mass is 10.0. The number of ether oxygens (including phenoxy) is 3. The Bertz CT molecular complexity index is 323. The molecule has 2 atom stereocenters. The Morgan fingerprint density at radius 1 is 1.33 bits per heavy atom. The molecule has 0 aliphatic carbocycles. The summed E-state index contributed by atoms with van der Waals surface area (Å²) in [4.78, 5) is 0. The summed E-state index contributed by atoms with van der Waals surface area (Å²) in [6.07, 6.45) is 0.158. The first-order valence-electron chi connectivity index (χ1n) is 6.29. The summed E-state index contributed by atoms with van der Waals surface area (Å²) >= 11 is 0. The molecule has 1 aromatic carbocycles. The van der Waals surface area contributed by atoms with Gasteiger partial charge in [-0.2, -0.15) is 0 Å². The molecule has 4 heteroatoms. The summed E-state index contributed by atoms with van der Waals surface area (Å²) in [5.74, 6) is 0. The highest BCUT2D eigenvalue weighted by Crippen LogP contribution is 2.22. The lowest BCUT2D eigenvalue weighted by molar-refractivity contribution is 0.0255. The van der Waals surface area contributed by atoms with Crippen molar-refractivity contribution in [2.75, 3.05) is 40.5 Å². The van der Waals surface area contributed by atoms with Gasteiger partial charge in [0.15, 0.2) is 0 Å². The molecule has 0 bridgehead atoms. The van der Waals surface area contributed by atoms with Gasteiger partial charge in [0.1, 0.15) is 6.10 Å². The van der Waals surface area contributed by atoms with Crippen LogP contribution in [0.5, 0.6) is 0 Å². The molecule has 4 nitrogen and oxygen atoms in total. The smallest absolute Gasteiger partial charge is 0.105 e. The molecule has 1 saturated heterocycles. The van der Waals surface area contributed by atoms with Gasteiger partial charge in [0.05, 0.1) is 19.3 Å². The molecule has 0 spiro atoms. The molecule has 2 unspecified atom stereocenters. The molecule has 0 radical (unpaired) electrons. The van der Waals surface area contributed by atoms with Gasteiger partial charge in [-0.05, 0) is 11.1 Å². The first kappa shape index (κ1) is 13.5. The first-order valence-corrected chi connectivity index (χ1v) is 6.29. The number of rotatable bonds is 5. The monoisotopic (exact) mass is 251 g/mol.